The van der Waals surface area contributed by atoms with Gasteiger partial charge in [-0.05, 0) is 61.9 Å². The molecule has 2 N–H and O–H groups in total. The van der Waals surface area contributed by atoms with Crippen LogP contribution in [-0.4, -0.2) is 36.0 Å². The Kier molecular flexibility index (Phi) is 6.33. The molecule has 0 aliphatic carbocycles. The zero-order valence-corrected chi connectivity index (χ0v) is 21.0. The SMILES string of the molecule is CCOc1cc(C2NC(=O)c3c(sc4c3CCN(C(C)C)C4)N2)ccc1OC(=O)c1cccs1. The minimum Gasteiger partial charge on any atom is -0.490 e. The first-order valence-corrected chi connectivity index (χ1v) is 13.1. The summed E-state index contributed by atoms with van der Waals surface area (Å²) >= 11 is 3.00. The monoisotopic (exact) mass is 497 g/mol. The second-order valence-corrected chi connectivity index (χ2v) is 10.6. The van der Waals surface area contributed by atoms with Crippen molar-refractivity contribution >= 4 is 39.6 Å². The molecule has 178 valence electrons. The summed E-state index contributed by atoms with van der Waals surface area (Å²) in [6, 6.07) is 9.39. The largest absolute Gasteiger partial charge is 0.490 e. The van der Waals surface area contributed by atoms with Crippen molar-refractivity contribution in [1.29, 1.82) is 0 Å². The van der Waals surface area contributed by atoms with E-state index in [-0.39, 0.29) is 5.91 Å². The lowest BCUT2D eigenvalue weighted by molar-refractivity contribution is 0.0733. The molecule has 0 bridgehead atoms. The van der Waals surface area contributed by atoms with E-state index in [0.717, 1.165) is 35.6 Å². The number of amides is 1. The van der Waals surface area contributed by atoms with E-state index in [4.69, 9.17) is 9.47 Å². The van der Waals surface area contributed by atoms with Crippen molar-refractivity contribution in [3.8, 4) is 11.5 Å². The van der Waals surface area contributed by atoms with E-state index in [2.05, 4.69) is 29.4 Å². The maximum Gasteiger partial charge on any atom is 0.353 e. The second kappa shape index (κ2) is 9.40. The summed E-state index contributed by atoms with van der Waals surface area (Å²) in [6.07, 6.45) is 0.486. The summed E-state index contributed by atoms with van der Waals surface area (Å²) in [5, 5.41) is 9.34. The molecule has 2 aliphatic rings. The van der Waals surface area contributed by atoms with Crippen molar-refractivity contribution in [2.24, 2.45) is 0 Å². The normalized spacial score (nSPS) is 17.5. The number of anilines is 1. The molecule has 2 aromatic heterocycles. The van der Waals surface area contributed by atoms with Gasteiger partial charge >= 0.3 is 5.97 Å². The minimum absolute atomic E-state index is 0.0552. The summed E-state index contributed by atoms with van der Waals surface area (Å²) in [5.41, 5.74) is 2.78. The van der Waals surface area contributed by atoms with E-state index in [0.29, 0.717) is 29.0 Å². The van der Waals surface area contributed by atoms with E-state index < -0.39 is 12.1 Å². The van der Waals surface area contributed by atoms with E-state index in [1.54, 1.807) is 23.5 Å². The highest BCUT2D eigenvalue weighted by atomic mass is 32.1. The number of ether oxygens (including phenoxy) is 2. The molecule has 2 aliphatic heterocycles. The van der Waals surface area contributed by atoms with Crippen LogP contribution >= 0.6 is 22.7 Å². The zero-order valence-electron chi connectivity index (χ0n) is 19.3. The Balaban J connectivity index is 1.39. The van der Waals surface area contributed by atoms with Crippen molar-refractivity contribution in [3.63, 3.8) is 0 Å². The lowest BCUT2D eigenvalue weighted by Gasteiger charge is -2.31. The molecule has 3 aromatic rings. The van der Waals surface area contributed by atoms with Crippen molar-refractivity contribution < 1.29 is 19.1 Å². The van der Waals surface area contributed by atoms with Gasteiger partial charge in [-0.2, -0.15) is 0 Å². The van der Waals surface area contributed by atoms with Gasteiger partial charge in [0.1, 0.15) is 16.0 Å². The van der Waals surface area contributed by atoms with E-state index >= 15 is 0 Å². The maximum atomic E-state index is 13.1. The molecular weight excluding hydrogens is 470 g/mol. The molecule has 1 atom stereocenters. The van der Waals surface area contributed by atoms with E-state index in [1.165, 1.54) is 21.8 Å². The van der Waals surface area contributed by atoms with Gasteiger partial charge < -0.3 is 20.1 Å². The average Bonchev–Trinajstić information content (AvgIpc) is 3.48. The van der Waals surface area contributed by atoms with Crippen LogP contribution in [0.3, 0.4) is 0 Å². The molecule has 1 unspecified atom stereocenters. The smallest absolute Gasteiger partial charge is 0.353 e. The fourth-order valence-corrected chi connectivity index (χ4v) is 6.24. The third-order valence-corrected chi connectivity index (χ3v) is 8.12. The van der Waals surface area contributed by atoms with Gasteiger partial charge in [0.2, 0.25) is 0 Å². The Morgan fingerprint density at radius 3 is 2.82 bits per heavy atom. The van der Waals surface area contributed by atoms with Gasteiger partial charge in [0.15, 0.2) is 11.5 Å². The number of fused-ring (bicyclic) bond motifs is 3. The van der Waals surface area contributed by atoms with E-state index in [9.17, 15) is 9.59 Å². The maximum absolute atomic E-state index is 13.1. The van der Waals surface area contributed by atoms with Crippen LogP contribution in [0, 0.1) is 0 Å². The first kappa shape index (κ1) is 22.9. The number of esters is 1. The Morgan fingerprint density at radius 2 is 2.09 bits per heavy atom. The molecule has 1 aromatic carbocycles. The molecular formula is C25H27N3O4S2. The number of hydrogen-bond acceptors (Lipinski definition) is 8. The van der Waals surface area contributed by atoms with Gasteiger partial charge in [0.25, 0.3) is 5.91 Å². The minimum atomic E-state index is -0.419. The molecule has 4 heterocycles. The number of rotatable bonds is 6. The predicted octanol–water partition coefficient (Wildman–Crippen LogP) is 5.05. The molecule has 5 rings (SSSR count). The molecule has 7 nitrogen and oxygen atoms in total. The summed E-state index contributed by atoms with van der Waals surface area (Å²) < 4.78 is 11.3. The zero-order chi connectivity index (χ0) is 23.8. The van der Waals surface area contributed by atoms with Crippen LogP contribution in [-0.2, 0) is 13.0 Å². The molecule has 0 fully saturated rings. The van der Waals surface area contributed by atoms with Gasteiger partial charge in [0, 0.05) is 24.0 Å². The van der Waals surface area contributed by atoms with Crippen molar-refractivity contribution in [2.45, 2.75) is 45.9 Å². The first-order chi connectivity index (χ1) is 16.4. The fourth-order valence-electron chi connectivity index (χ4n) is 4.34. The summed E-state index contributed by atoms with van der Waals surface area (Å²) in [7, 11) is 0. The van der Waals surface area contributed by atoms with Gasteiger partial charge in [-0.3, -0.25) is 9.69 Å². The average molecular weight is 498 g/mol. The Hall–Kier alpha value is -2.88. The van der Waals surface area contributed by atoms with Crippen LogP contribution in [0.1, 0.15) is 63.0 Å². The molecule has 0 saturated heterocycles. The lowest BCUT2D eigenvalue weighted by atomic mass is 9.99. The quantitative estimate of drug-likeness (QED) is 0.367. The first-order valence-electron chi connectivity index (χ1n) is 11.4. The number of carbonyl (C=O) groups is 2. The van der Waals surface area contributed by atoms with Crippen molar-refractivity contribution in [1.82, 2.24) is 10.2 Å². The topological polar surface area (TPSA) is 79.9 Å². The number of nitrogens with zero attached hydrogens (tertiary/aromatic N) is 1. The Labute approximate surface area is 206 Å². The van der Waals surface area contributed by atoms with E-state index in [1.807, 2.05) is 30.5 Å². The Bertz CT molecular complexity index is 1220. The van der Waals surface area contributed by atoms with Gasteiger partial charge in [-0.15, -0.1) is 22.7 Å². The number of carbonyl (C=O) groups excluding carboxylic acids is 2. The highest BCUT2D eigenvalue weighted by Crippen LogP contribution is 2.42. The number of thiophene rings is 2. The number of benzene rings is 1. The van der Waals surface area contributed by atoms with Crippen LogP contribution in [0.15, 0.2) is 35.7 Å². The standard InChI is InChI=1S/C25H27N3O4S2/c1-4-31-18-12-15(7-8-17(18)32-25(30)19-6-5-11-33-19)22-26-23(29)21-16-9-10-28(14(2)3)13-20(16)34-24(21)27-22/h5-8,11-12,14,22,27H,4,9-10,13H2,1-3H3,(H,26,29). The third-order valence-electron chi connectivity index (χ3n) is 6.12. The molecule has 0 radical (unpaired) electrons. The molecule has 1 amide bonds. The third kappa shape index (κ3) is 4.31. The van der Waals surface area contributed by atoms with Crippen LogP contribution in [0.25, 0.3) is 0 Å². The van der Waals surface area contributed by atoms with Crippen molar-refractivity contribution in [3.05, 3.63) is 62.2 Å². The lowest BCUT2D eigenvalue weighted by Crippen LogP contribution is -2.39. The summed E-state index contributed by atoms with van der Waals surface area (Å²) in [6.45, 7) is 8.55. The van der Waals surface area contributed by atoms with Crippen LogP contribution in [0.2, 0.25) is 0 Å². The van der Waals surface area contributed by atoms with Gasteiger partial charge in [-0.25, -0.2) is 4.79 Å². The van der Waals surface area contributed by atoms with Crippen LogP contribution in [0.5, 0.6) is 11.5 Å². The fraction of sp³-hybridized carbons (Fsp3) is 0.360. The van der Waals surface area contributed by atoms with Crippen molar-refractivity contribution in [2.75, 3.05) is 18.5 Å². The summed E-state index contributed by atoms with van der Waals surface area (Å²) in [5.74, 6) is 0.342. The second-order valence-electron chi connectivity index (χ2n) is 8.58. The molecule has 0 saturated carbocycles. The van der Waals surface area contributed by atoms with Crippen LogP contribution < -0.4 is 20.1 Å². The number of hydrogen-bond donors (Lipinski definition) is 2. The molecule has 9 heteroatoms. The molecule has 0 spiro atoms. The number of nitrogens with one attached hydrogen (secondary N) is 2. The van der Waals surface area contributed by atoms with Gasteiger partial charge in [-0.1, -0.05) is 12.1 Å². The molecule has 34 heavy (non-hydrogen) atoms. The predicted molar refractivity (Wildman–Crippen MR) is 134 cm³/mol. The van der Waals surface area contributed by atoms with Crippen LogP contribution in [0.4, 0.5) is 5.00 Å². The van der Waals surface area contributed by atoms with Gasteiger partial charge in [0.05, 0.1) is 12.2 Å². The highest BCUT2D eigenvalue weighted by Gasteiger charge is 2.34. The summed E-state index contributed by atoms with van der Waals surface area (Å²) in [4.78, 5) is 29.8. The highest BCUT2D eigenvalue weighted by molar-refractivity contribution is 7.16. The Morgan fingerprint density at radius 1 is 1.24 bits per heavy atom.